The second-order valence-electron chi connectivity index (χ2n) is 9.77. The van der Waals surface area contributed by atoms with E-state index in [2.05, 4.69) is 32.7 Å². The fraction of sp³-hybridized carbons (Fsp3) is 0.0909. The van der Waals surface area contributed by atoms with Gasteiger partial charge in [-0.3, -0.25) is 4.79 Å². The van der Waals surface area contributed by atoms with Crippen LogP contribution in [0, 0.1) is 0 Å². The van der Waals surface area contributed by atoms with Crippen molar-refractivity contribution in [2.75, 3.05) is 17.2 Å². The van der Waals surface area contributed by atoms with Crippen molar-refractivity contribution < 1.29 is 32.3 Å². The number of carboxylic acid groups (broad SMARTS) is 1. The number of benzene rings is 4. The summed E-state index contributed by atoms with van der Waals surface area (Å²) in [6, 6.07) is 30.9. The first kappa shape index (κ1) is 30.7. The molecule has 0 fully saturated rings. The van der Waals surface area contributed by atoms with Crippen molar-refractivity contribution in [2.45, 2.75) is 12.6 Å². The minimum absolute atomic E-state index is 0.176. The fourth-order valence-electron chi connectivity index (χ4n) is 4.54. The van der Waals surface area contributed by atoms with E-state index < -0.39 is 12.1 Å². The Morgan fingerprint density at radius 2 is 1.53 bits per heavy atom. The van der Waals surface area contributed by atoms with Gasteiger partial charge in [0.2, 0.25) is 0 Å². The van der Waals surface area contributed by atoms with Crippen LogP contribution in [-0.2, 0) is 11.2 Å². The summed E-state index contributed by atoms with van der Waals surface area (Å²) in [5.41, 5.74) is 12.0. The summed E-state index contributed by atoms with van der Waals surface area (Å²) in [7, 11) is 0. The number of nitrogens with zero attached hydrogens (tertiary/aromatic N) is 2. The Hall–Kier alpha value is -5.75. The molecule has 6 rings (SSSR count). The minimum Gasteiger partial charge on any atom is -0.475 e. The summed E-state index contributed by atoms with van der Waals surface area (Å²) < 4.78 is 37.9. The molecule has 0 aliphatic carbocycles. The molecule has 0 bridgehead atoms. The lowest BCUT2D eigenvalue weighted by Crippen LogP contribution is -2.21. The number of alkyl halides is 3. The number of carboxylic acids is 1. The largest absolute Gasteiger partial charge is 0.490 e. The smallest absolute Gasteiger partial charge is 0.475 e. The molecule has 0 saturated carbocycles. The van der Waals surface area contributed by atoms with Crippen LogP contribution in [0.3, 0.4) is 0 Å². The number of halogens is 3. The van der Waals surface area contributed by atoms with E-state index in [9.17, 15) is 18.0 Å². The van der Waals surface area contributed by atoms with Crippen LogP contribution in [-0.4, -0.2) is 39.7 Å². The number of amides is 1. The number of nitrogens with one attached hydrogen (secondary N) is 2. The number of nitrogens with two attached hydrogens (primary N) is 1. The number of rotatable bonds is 7. The lowest BCUT2D eigenvalue weighted by atomic mass is 10.1. The van der Waals surface area contributed by atoms with Crippen molar-refractivity contribution in [3.8, 4) is 11.3 Å². The van der Waals surface area contributed by atoms with E-state index in [0.29, 0.717) is 23.6 Å². The van der Waals surface area contributed by atoms with Gasteiger partial charge in [-0.2, -0.15) is 13.2 Å². The molecule has 0 radical (unpaired) electrons. The second kappa shape index (κ2) is 13.3. The molecule has 0 aliphatic rings. The third kappa shape index (κ3) is 7.43. The Bertz CT molecular complexity index is 1970. The maximum atomic E-state index is 12.7. The quantitative estimate of drug-likeness (QED) is 0.148. The van der Waals surface area contributed by atoms with Crippen molar-refractivity contribution in [1.29, 1.82) is 0 Å². The van der Waals surface area contributed by atoms with Gasteiger partial charge in [0, 0.05) is 39.3 Å². The van der Waals surface area contributed by atoms with Gasteiger partial charge in [0.1, 0.15) is 23.3 Å². The monoisotopic (exact) mass is 613 g/mol. The average Bonchev–Trinajstić information content (AvgIpc) is 3.41. The SMILES string of the molecule is NCCc1ccc(C(=O)Nc2cccc(Nc3cc(-c4cccc5c4oc4ccccc45)ncn3)c2)cc1.O=C(O)C(F)(F)F. The molecule has 2 aromatic heterocycles. The van der Waals surface area contributed by atoms with Gasteiger partial charge in [0.05, 0.1) is 5.69 Å². The van der Waals surface area contributed by atoms with Gasteiger partial charge in [-0.25, -0.2) is 14.8 Å². The Balaban J connectivity index is 0.000000515. The van der Waals surface area contributed by atoms with Crippen LogP contribution in [0.2, 0.25) is 0 Å². The van der Waals surface area contributed by atoms with Gasteiger partial charge in [-0.1, -0.05) is 48.5 Å². The summed E-state index contributed by atoms with van der Waals surface area (Å²) in [6.07, 6.45) is -2.77. The molecule has 45 heavy (non-hydrogen) atoms. The molecule has 0 aliphatic heterocycles. The number of aliphatic carboxylic acids is 1. The summed E-state index contributed by atoms with van der Waals surface area (Å²) in [6.45, 7) is 0.578. The average molecular weight is 614 g/mol. The number of aromatic nitrogens is 2. The molecule has 4 aromatic carbocycles. The molecule has 6 aromatic rings. The summed E-state index contributed by atoms with van der Waals surface area (Å²) in [4.78, 5) is 30.5. The normalized spacial score (nSPS) is 11.1. The van der Waals surface area contributed by atoms with Crippen LogP contribution in [0.4, 0.5) is 30.4 Å². The maximum Gasteiger partial charge on any atom is 0.490 e. The molecule has 1 amide bonds. The minimum atomic E-state index is -5.08. The van der Waals surface area contributed by atoms with Gasteiger partial charge in [0.15, 0.2) is 0 Å². The zero-order chi connectivity index (χ0) is 32.0. The first-order valence-corrected chi connectivity index (χ1v) is 13.6. The van der Waals surface area contributed by atoms with Crippen LogP contribution in [0.1, 0.15) is 15.9 Å². The van der Waals surface area contributed by atoms with E-state index in [0.717, 1.165) is 50.9 Å². The van der Waals surface area contributed by atoms with Crippen LogP contribution in [0.25, 0.3) is 33.2 Å². The van der Waals surface area contributed by atoms with Gasteiger partial charge in [-0.05, 0) is 61.0 Å². The number of anilines is 3. The van der Waals surface area contributed by atoms with Crippen molar-refractivity contribution >= 4 is 51.0 Å². The van der Waals surface area contributed by atoms with Gasteiger partial charge in [0.25, 0.3) is 5.91 Å². The molecule has 0 spiro atoms. The second-order valence-corrected chi connectivity index (χ2v) is 9.77. The number of fused-ring (bicyclic) bond motifs is 3. The van der Waals surface area contributed by atoms with E-state index in [4.69, 9.17) is 20.1 Å². The molecule has 2 heterocycles. The van der Waals surface area contributed by atoms with Crippen LogP contribution in [0.5, 0.6) is 0 Å². The molecule has 12 heteroatoms. The highest BCUT2D eigenvalue weighted by atomic mass is 19.4. The van der Waals surface area contributed by atoms with Crippen molar-refractivity contribution in [3.63, 3.8) is 0 Å². The van der Waals surface area contributed by atoms with Gasteiger partial charge < -0.3 is 25.9 Å². The molecule has 5 N–H and O–H groups in total. The Kier molecular flexibility index (Phi) is 9.05. The van der Waals surface area contributed by atoms with Gasteiger partial charge >= 0.3 is 12.1 Å². The zero-order valence-electron chi connectivity index (χ0n) is 23.5. The van der Waals surface area contributed by atoms with E-state index in [-0.39, 0.29) is 5.91 Å². The summed E-state index contributed by atoms with van der Waals surface area (Å²) >= 11 is 0. The van der Waals surface area contributed by atoms with Crippen molar-refractivity contribution in [3.05, 3.63) is 115 Å². The number of furan rings is 1. The molecule has 0 unspecified atom stereocenters. The van der Waals surface area contributed by atoms with Crippen LogP contribution < -0.4 is 16.4 Å². The number of para-hydroxylation sites is 2. The summed E-state index contributed by atoms with van der Waals surface area (Å²) in [5.74, 6) is -2.31. The number of carbonyl (C=O) groups is 2. The lowest BCUT2D eigenvalue weighted by Gasteiger charge is -2.10. The molecule has 0 atom stereocenters. The number of hydrogen-bond acceptors (Lipinski definition) is 7. The van der Waals surface area contributed by atoms with Gasteiger partial charge in [-0.15, -0.1) is 0 Å². The first-order chi connectivity index (χ1) is 21.6. The molecular formula is C33H26F3N5O4. The topological polar surface area (TPSA) is 143 Å². The van der Waals surface area contributed by atoms with E-state index >= 15 is 0 Å². The predicted molar refractivity (Wildman–Crippen MR) is 165 cm³/mol. The van der Waals surface area contributed by atoms with Crippen LogP contribution >= 0.6 is 0 Å². The van der Waals surface area contributed by atoms with E-state index in [1.165, 1.54) is 6.33 Å². The third-order valence-corrected chi connectivity index (χ3v) is 6.63. The third-order valence-electron chi connectivity index (χ3n) is 6.63. The molecule has 0 saturated heterocycles. The lowest BCUT2D eigenvalue weighted by molar-refractivity contribution is -0.192. The predicted octanol–water partition coefficient (Wildman–Crippen LogP) is 7.17. The maximum absolute atomic E-state index is 12.7. The Labute approximate surface area is 254 Å². The Morgan fingerprint density at radius 1 is 0.844 bits per heavy atom. The molecular weight excluding hydrogens is 587 g/mol. The highest BCUT2D eigenvalue weighted by Crippen LogP contribution is 2.35. The van der Waals surface area contributed by atoms with E-state index in [1.54, 1.807) is 0 Å². The number of hydrogen-bond donors (Lipinski definition) is 4. The van der Waals surface area contributed by atoms with Crippen molar-refractivity contribution in [2.24, 2.45) is 5.73 Å². The van der Waals surface area contributed by atoms with Crippen molar-refractivity contribution in [1.82, 2.24) is 9.97 Å². The highest BCUT2D eigenvalue weighted by molar-refractivity contribution is 6.09. The van der Waals surface area contributed by atoms with Crippen LogP contribution in [0.15, 0.2) is 108 Å². The number of carbonyl (C=O) groups excluding carboxylic acids is 1. The molecule has 228 valence electrons. The first-order valence-electron chi connectivity index (χ1n) is 13.6. The molecule has 9 nitrogen and oxygen atoms in total. The summed E-state index contributed by atoms with van der Waals surface area (Å²) in [5, 5.41) is 15.5. The standard InChI is InChI=1S/C31H25N5O2.C2HF3O2/c32-16-15-20-11-13-21(14-12-20)31(37)36-23-6-3-5-22(17-23)35-29-18-27(33-19-34-29)26-9-4-8-25-24-7-1-2-10-28(24)38-30(25)26;3-2(4,5)1(6)7/h1-14,17-19H,15-16,32H2,(H,36,37)(H,33,34,35);(H,6,7). The highest BCUT2D eigenvalue weighted by Gasteiger charge is 2.38. The Morgan fingerprint density at radius 3 is 2.27 bits per heavy atom. The fourth-order valence-corrected chi connectivity index (χ4v) is 4.54. The zero-order valence-corrected chi connectivity index (χ0v) is 23.5. The van der Waals surface area contributed by atoms with E-state index in [1.807, 2.05) is 84.9 Å².